The molecule has 1 aromatic rings. The molecule has 0 unspecified atom stereocenters. The molecule has 0 saturated heterocycles. The van der Waals surface area contributed by atoms with Crippen LogP contribution in [0.2, 0.25) is 0 Å². The van der Waals surface area contributed by atoms with E-state index in [-0.39, 0.29) is 5.91 Å². The number of aryl methyl sites for hydroxylation is 1. The molecule has 0 fully saturated rings. The smallest absolute Gasteiger partial charge is 0.220 e. The first-order valence-corrected chi connectivity index (χ1v) is 6.51. The van der Waals surface area contributed by atoms with Crippen molar-refractivity contribution in [3.63, 3.8) is 0 Å². The van der Waals surface area contributed by atoms with E-state index in [4.69, 9.17) is 4.74 Å². The molecule has 1 aromatic carbocycles. The van der Waals surface area contributed by atoms with Gasteiger partial charge in [0.1, 0.15) is 5.75 Å². The second-order valence-corrected chi connectivity index (χ2v) is 4.88. The predicted octanol–water partition coefficient (Wildman–Crippen LogP) is 2.79. The molecule has 0 spiro atoms. The molecule has 1 amide bonds. The zero-order valence-electron chi connectivity index (χ0n) is 11.5. The molecule has 100 valence electrons. The van der Waals surface area contributed by atoms with Crippen LogP contribution in [0.5, 0.6) is 5.75 Å². The number of carbonyl (C=O) groups is 1. The Morgan fingerprint density at radius 3 is 2.83 bits per heavy atom. The Morgan fingerprint density at radius 2 is 2.17 bits per heavy atom. The second kappa shape index (κ2) is 7.75. The molecule has 0 bridgehead atoms. The molecule has 0 aliphatic rings. The van der Waals surface area contributed by atoms with Gasteiger partial charge in [-0.3, -0.25) is 4.79 Å². The van der Waals surface area contributed by atoms with Crippen LogP contribution >= 0.6 is 0 Å². The van der Waals surface area contributed by atoms with Gasteiger partial charge in [-0.25, -0.2) is 0 Å². The SMILES string of the molecule is COc1cccc(CCC(=O)NCCC(C)C)c1. The van der Waals surface area contributed by atoms with Gasteiger partial charge in [0, 0.05) is 13.0 Å². The van der Waals surface area contributed by atoms with Crippen molar-refractivity contribution in [1.29, 1.82) is 0 Å². The molecule has 0 aliphatic carbocycles. The highest BCUT2D eigenvalue weighted by molar-refractivity contribution is 5.76. The third-order valence-electron chi connectivity index (χ3n) is 2.82. The molecule has 1 rings (SSSR count). The maximum Gasteiger partial charge on any atom is 0.220 e. The molecular weight excluding hydrogens is 226 g/mol. The van der Waals surface area contributed by atoms with Crippen LogP contribution < -0.4 is 10.1 Å². The number of methoxy groups -OCH3 is 1. The summed E-state index contributed by atoms with van der Waals surface area (Å²) in [4.78, 5) is 11.6. The Bertz CT molecular complexity index is 375. The number of carbonyl (C=O) groups excluding carboxylic acids is 1. The topological polar surface area (TPSA) is 38.3 Å². The van der Waals surface area contributed by atoms with Crippen LogP contribution in [0.1, 0.15) is 32.3 Å². The normalized spacial score (nSPS) is 10.4. The first-order chi connectivity index (χ1) is 8.61. The van der Waals surface area contributed by atoms with E-state index < -0.39 is 0 Å². The van der Waals surface area contributed by atoms with Crippen molar-refractivity contribution in [2.75, 3.05) is 13.7 Å². The van der Waals surface area contributed by atoms with Gasteiger partial charge in [-0.15, -0.1) is 0 Å². The van der Waals surface area contributed by atoms with Gasteiger partial charge in [-0.2, -0.15) is 0 Å². The molecule has 0 atom stereocenters. The quantitative estimate of drug-likeness (QED) is 0.807. The lowest BCUT2D eigenvalue weighted by Gasteiger charge is -2.07. The Balaban J connectivity index is 2.29. The van der Waals surface area contributed by atoms with Crippen LogP contribution in [0.25, 0.3) is 0 Å². The largest absolute Gasteiger partial charge is 0.497 e. The van der Waals surface area contributed by atoms with Crippen molar-refractivity contribution in [2.24, 2.45) is 5.92 Å². The Kier molecular flexibility index (Phi) is 6.26. The number of nitrogens with one attached hydrogen (secondary N) is 1. The fourth-order valence-corrected chi connectivity index (χ4v) is 1.67. The monoisotopic (exact) mass is 249 g/mol. The van der Waals surface area contributed by atoms with E-state index >= 15 is 0 Å². The number of benzene rings is 1. The average molecular weight is 249 g/mol. The minimum Gasteiger partial charge on any atom is -0.497 e. The minimum atomic E-state index is 0.124. The zero-order chi connectivity index (χ0) is 13.4. The summed E-state index contributed by atoms with van der Waals surface area (Å²) < 4.78 is 5.15. The molecule has 1 N–H and O–H groups in total. The molecule has 18 heavy (non-hydrogen) atoms. The number of ether oxygens (including phenoxy) is 1. The van der Waals surface area contributed by atoms with Crippen LogP contribution in [0.15, 0.2) is 24.3 Å². The Morgan fingerprint density at radius 1 is 1.39 bits per heavy atom. The second-order valence-electron chi connectivity index (χ2n) is 4.88. The van der Waals surface area contributed by atoms with E-state index in [1.165, 1.54) is 0 Å². The summed E-state index contributed by atoms with van der Waals surface area (Å²) in [5.74, 6) is 1.59. The number of hydrogen-bond donors (Lipinski definition) is 1. The van der Waals surface area contributed by atoms with Crippen molar-refractivity contribution in [3.05, 3.63) is 29.8 Å². The van der Waals surface area contributed by atoms with Crippen LogP contribution in [-0.4, -0.2) is 19.6 Å². The van der Waals surface area contributed by atoms with Crippen molar-refractivity contribution in [2.45, 2.75) is 33.1 Å². The van der Waals surface area contributed by atoms with E-state index in [0.29, 0.717) is 12.3 Å². The first-order valence-electron chi connectivity index (χ1n) is 6.51. The summed E-state index contributed by atoms with van der Waals surface area (Å²) in [6, 6.07) is 7.85. The van der Waals surface area contributed by atoms with E-state index in [1.54, 1.807) is 7.11 Å². The van der Waals surface area contributed by atoms with Crippen molar-refractivity contribution < 1.29 is 9.53 Å². The summed E-state index contributed by atoms with van der Waals surface area (Å²) in [5, 5.41) is 2.94. The zero-order valence-corrected chi connectivity index (χ0v) is 11.5. The highest BCUT2D eigenvalue weighted by Crippen LogP contribution is 2.13. The van der Waals surface area contributed by atoms with Gasteiger partial charge in [0.25, 0.3) is 0 Å². The summed E-state index contributed by atoms with van der Waals surface area (Å²) >= 11 is 0. The van der Waals surface area contributed by atoms with E-state index in [2.05, 4.69) is 19.2 Å². The fourth-order valence-electron chi connectivity index (χ4n) is 1.67. The van der Waals surface area contributed by atoms with Gasteiger partial charge < -0.3 is 10.1 Å². The molecule has 0 saturated carbocycles. The Hall–Kier alpha value is -1.51. The van der Waals surface area contributed by atoms with Gasteiger partial charge in [-0.1, -0.05) is 26.0 Å². The fraction of sp³-hybridized carbons (Fsp3) is 0.533. The van der Waals surface area contributed by atoms with Gasteiger partial charge in [-0.05, 0) is 36.5 Å². The van der Waals surface area contributed by atoms with E-state index in [0.717, 1.165) is 30.7 Å². The molecule has 3 nitrogen and oxygen atoms in total. The molecule has 0 radical (unpaired) electrons. The van der Waals surface area contributed by atoms with E-state index in [9.17, 15) is 4.79 Å². The van der Waals surface area contributed by atoms with Gasteiger partial charge in [0.15, 0.2) is 0 Å². The minimum absolute atomic E-state index is 0.124. The van der Waals surface area contributed by atoms with Crippen LogP contribution in [0.3, 0.4) is 0 Å². The van der Waals surface area contributed by atoms with Crippen molar-refractivity contribution in [1.82, 2.24) is 5.32 Å². The van der Waals surface area contributed by atoms with Gasteiger partial charge in [0.2, 0.25) is 5.91 Å². The third kappa shape index (κ3) is 5.71. The van der Waals surface area contributed by atoms with Crippen LogP contribution in [-0.2, 0) is 11.2 Å². The van der Waals surface area contributed by atoms with Crippen molar-refractivity contribution in [3.8, 4) is 5.75 Å². The standard InChI is InChI=1S/C15H23NO2/c1-12(2)9-10-16-15(17)8-7-13-5-4-6-14(11-13)18-3/h4-6,11-12H,7-10H2,1-3H3,(H,16,17). The molecule has 3 heteroatoms. The summed E-state index contributed by atoms with van der Waals surface area (Å²) in [7, 11) is 1.65. The summed E-state index contributed by atoms with van der Waals surface area (Å²) in [6.07, 6.45) is 2.32. The third-order valence-corrected chi connectivity index (χ3v) is 2.82. The number of rotatable bonds is 7. The van der Waals surface area contributed by atoms with E-state index in [1.807, 2.05) is 24.3 Å². The molecule has 0 heterocycles. The predicted molar refractivity (Wildman–Crippen MR) is 73.8 cm³/mol. The molecule has 0 aliphatic heterocycles. The lowest BCUT2D eigenvalue weighted by molar-refractivity contribution is -0.121. The van der Waals surface area contributed by atoms with Gasteiger partial charge >= 0.3 is 0 Å². The summed E-state index contributed by atoms with van der Waals surface area (Å²) in [5.41, 5.74) is 1.13. The van der Waals surface area contributed by atoms with Gasteiger partial charge in [0.05, 0.1) is 7.11 Å². The highest BCUT2D eigenvalue weighted by atomic mass is 16.5. The molecular formula is C15H23NO2. The highest BCUT2D eigenvalue weighted by Gasteiger charge is 2.03. The Labute approximate surface area is 110 Å². The first kappa shape index (κ1) is 14.6. The number of amides is 1. The maximum absolute atomic E-state index is 11.6. The average Bonchev–Trinajstić information content (AvgIpc) is 2.36. The lowest BCUT2D eigenvalue weighted by atomic mass is 10.1. The lowest BCUT2D eigenvalue weighted by Crippen LogP contribution is -2.25. The summed E-state index contributed by atoms with van der Waals surface area (Å²) in [6.45, 7) is 5.08. The molecule has 0 aromatic heterocycles. The maximum atomic E-state index is 11.6. The van der Waals surface area contributed by atoms with Crippen molar-refractivity contribution >= 4 is 5.91 Å². The number of hydrogen-bond acceptors (Lipinski definition) is 2. The van der Waals surface area contributed by atoms with Crippen LogP contribution in [0.4, 0.5) is 0 Å². The van der Waals surface area contributed by atoms with Crippen LogP contribution in [0, 0.1) is 5.92 Å².